The number of fused-ring (bicyclic) bond motifs is 1. The number of hydrogen-bond donors (Lipinski definition) is 1. The topological polar surface area (TPSA) is 76.2 Å². The molecule has 7 nitrogen and oxygen atoms in total. The maximum atomic E-state index is 13.8. The van der Waals surface area contributed by atoms with Crippen LogP contribution in [0, 0.1) is 30.5 Å². The van der Waals surface area contributed by atoms with Gasteiger partial charge in [-0.05, 0) is 31.2 Å². The average molecular weight is 389 g/mol. The molecule has 0 atom stereocenters. The lowest BCUT2D eigenvalue weighted by atomic mass is 10.2. The van der Waals surface area contributed by atoms with Crippen LogP contribution >= 0.6 is 0 Å². The number of benzene rings is 2. The molecule has 0 radical (unpaired) electrons. The summed E-state index contributed by atoms with van der Waals surface area (Å²) in [6.07, 6.45) is 2.51. The van der Waals surface area contributed by atoms with Crippen LogP contribution in [0.2, 0.25) is 0 Å². The molecule has 2 aromatic heterocycles. The highest BCUT2D eigenvalue weighted by molar-refractivity contribution is 5.80. The summed E-state index contributed by atoms with van der Waals surface area (Å²) < 4.78 is 29.7. The predicted octanol–water partition coefficient (Wildman–Crippen LogP) is 3.72. The van der Waals surface area contributed by atoms with Gasteiger partial charge in [-0.2, -0.15) is 5.10 Å². The largest absolute Gasteiger partial charge is 0.281 e. The Hall–Kier alpha value is -4.19. The molecular formula is C20H13F2N7. The number of halogens is 2. The molecule has 0 amide bonds. The molecule has 4 rings (SSSR count). The Bertz CT molecular complexity index is 1360. The molecule has 29 heavy (non-hydrogen) atoms. The molecule has 0 saturated carbocycles. The van der Waals surface area contributed by atoms with E-state index in [1.165, 1.54) is 18.6 Å². The molecule has 0 fully saturated rings. The normalized spacial score (nSPS) is 11.2. The van der Waals surface area contributed by atoms with Crippen molar-refractivity contribution in [3.05, 3.63) is 88.7 Å². The molecule has 9 heteroatoms. The van der Waals surface area contributed by atoms with Gasteiger partial charge in [0.1, 0.15) is 23.8 Å². The quantitative estimate of drug-likeness (QED) is 0.428. The van der Waals surface area contributed by atoms with Gasteiger partial charge in [0.25, 0.3) is 0 Å². The van der Waals surface area contributed by atoms with Crippen LogP contribution in [-0.4, -0.2) is 25.4 Å². The van der Waals surface area contributed by atoms with Crippen LogP contribution in [-0.2, 0) is 0 Å². The molecule has 2 aromatic carbocycles. The molecule has 142 valence electrons. The van der Waals surface area contributed by atoms with Crippen molar-refractivity contribution in [2.75, 3.05) is 0 Å². The van der Waals surface area contributed by atoms with Crippen LogP contribution < -0.4 is 5.49 Å². The Morgan fingerprint density at radius 3 is 2.62 bits per heavy atom. The van der Waals surface area contributed by atoms with Gasteiger partial charge in [-0.25, -0.2) is 28.3 Å². The number of nitrogens with zero attached hydrogens (tertiary/aromatic N) is 6. The lowest BCUT2D eigenvalue weighted by Gasteiger charge is -2.06. The second-order valence-corrected chi connectivity index (χ2v) is 6.14. The number of aromatic nitrogens is 4. The predicted molar refractivity (Wildman–Crippen MR) is 103 cm³/mol. The van der Waals surface area contributed by atoms with Crippen LogP contribution in [0.1, 0.15) is 11.4 Å². The highest BCUT2D eigenvalue weighted by Crippen LogP contribution is 2.20. The SMILES string of the molecule is [C-]#[N+]c1ccc(-n2c(C)nc3c(=N)n(/N=C/c4ccc(F)cc4F)cnc32)cc1. The number of hydrogen-bond acceptors (Lipinski definition) is 4. The van der Waals surface area contributed by atoms with E-state index in [9.17, 15) is 8.78 Å². The second-order valence-electron chi connectivity index (χ2n) is 6.14. The molecule has 2 heterocycles. The highest BCUT2D eigenvalue weighted by Gasteiger charge is 2.13. The van der Waals surface area contributed by atoms with E-state index in [0.717, 1.165) is 22.5 Å². The van der Waals surface area contributed by atoms with Crippen molar-refractivity contribution in [2.45, 2.75) is 6.92 Å². The Kier molecular flexibility index (Phi) is 4.44. The zero-order chi connectivity index (χ0) is 20.5. The minimum Gasteiger partial charge on any atom is -0.281 e. The van der Waals surface area contributed by atoms with E-state index in [2.05, 4.69) is 19.9 Å². The minimum atomic E-state index is -0.752. The van der Waals surface area contributed by atoms with Crippen molar-refractivity contribution in [1.29, 1.82) is 5.41 Å². The molecule has 1 N–H and O–H groups in total. The van der Waals surface area contributed by atoms with Gasteiger partial charge in [0, 0.05) is 17.3 Å². The number of aryl methyl sites for hydroxylation is 1. The van der Waals surface area contributed by atoms with Crippen LogP contribution in [0.25, 0.3) is 21.7 Å². The molecule has 0 aliphatic rings. The number of rotatable bonds is 3. The van der Waals surface area contributed by atoms with Crippen molar-refractivity contribution in [3.63, 3.8) is 0 Å². The van der Waals surface area contributed by atoms with Crippen molar-refractivity contribution in [3.8, 4) is 5.69 Å². The summed E-state index contributed by atoms with van der Waals surface area (Å²) in [6, 6.07) is 10.1. The fourth-order valence-electron chi connectivity index (χ4n) is 2.88. The fourth-order valence-corrected chi connectivity index (χ4v) is 2.88. The zero-order valence-electron chi connectivity index (χ0n) is 15.1. The second kappa shape index (κ2) is 7.09. The molecule has 0 spiro atoms. The van der Waals surface area contributed by atoms with Crippen LogP contribution in [0.5, 0.6) is 0 Å². The fraction of sp³-hybridized carbons (Fsp3) is 0.0500. The highest BCUT2D eigenvalue weighted by atomic mass is 19.1. The molecule has 0 bridgehead atoms. The summed E-state index contributed by atoms with van der Waals surface area (Å²) >= 11 is 0. The Morgan fingerprint density at radius 1 is 1.17 bits per heavy atom. The van der Waals surface area contributed by atoms with E-state index in [1.807, 2.05) is 0 Å². The first-order valence-electron chi connectivity index (χ1n) is 8.46. The van der Waals surface area contributed by atoms with Crippen molar-refractivity contribution >= 4 is 23.1 Å². The summed E-state index contributed by atoms with van der Waals surface area (Å²) in [7, 11) is 0. The van der Waals surface area contributed by atoms with E-state index >= 15 is 0 Å². The van der Waals surface area contributed by atoms with Gasteiger partial charge in [0.05, 0.1) is 12.8 Å². The van der Waals surface area contributed by atoms with Gasteiger partial charge < -0.3 is 0 Å². The first-order chi connectivity index (χ1) is 14.0. The van der Waals surface area contributed by atoms with E-state index < -0.39 is 11.6 Å². The molecule has 0 aliphatic carbocycles. The first-order valence-corrected chi connectivity index (χ1v) is 8.46. The van der Waals surface area contributed by atoms with Gasteiger partial charge >= 0.3 is 0 Å². The Labute approximate surface area is 163 Å². The van der Waals surface area contributed by atoms with E-state index in [-0.39, 0.29) is 11.1 Å². The van der Waals surface area contributed by atoms with Gasteiger partial charge in [-0.1, -0.05) is 12.1 Å². The summed E-state index contributed by atoms with van der Waals surface area (Å²) in [6.45, 7) is 8.83. The maximum Gasteiger partial charge on any atom is 0.187 e. The molecule has 0 aliphatic heterocycles. The smallest absolute Gasteiger partial charge is 0.187 e. The van der Waals surface area contributed by atoms with Crippen molar-refractivity contribution in [2.24, 2.45) is 5.10 Å². The maximum absolute atomic E-state index is 13.8. The van der Waals surface area contributed by atoms with E-state index in [4.69, 9.17) is 12.0 Å². The van der Waals surface area contributed by atoms with Crippen LogP contribution in [0.3, 0.4) is 0 Å². The lowest BCUT2D eigenvalue weighted by molar-refractivity contribution is 0.582. The first kappa shape index (κ1) is 18.2. The summed E-state index contributed by atoms with van der Waals surface area (Å²) in [5.74, 6) is -0.817. The lowest BCUT2D eigenvalue weighted by Crippen LogP contribution is -2.18. The number of nitrogens with one attached hydrogen (secondary N) is 1. The third-order valence-electron chi connectivity index (χ3n) is 4.28. The third-order valence-corrected chi connectivity index (χ3v) is 4.28. The minimum absolute atomic E-state index is 0.0339. The van der Waals surface area contributed by atoms with E-state index in [1.54, 1.807) is 35.8 Å². The summed E-state index contributed by atoms with van der Waals surface area (Å²) in [4.78, 5) is 12.1. The van der Waals surface area contributed by atoms with Gasteiger partial charge in [0.2, 0.25) is 0 Å². The van der Waals surface area contributed by atoms with Crippen molar-refractivity contribution < 1.29 is 8.78 Å². The standard InChI is InChI=1S/C20H13F2N7/c1-12-27-18-19(23)28(26-10-13-3-4-14(21)9-17(13)22)11-25-20(18)29(12)16-7-5-15(24-2)6-8-16/h3-11,23H,1H3/b23-19?,26-10+. The van der Waals surface area contributed by atoms with Gasteiger partial charge in [-0.15, -0.1) is 0 Å². The van der Waals surface area contributed by atoms with Crippen molar-refractivity contribution in [1.82, 2.24) is 19.2 Å². The Morgan fingerprint density at radius 2 is 1.93 bits per heavy atom. The van der Waals surface area contributed by atoms with Crippen LogP contribution in [0.4, 0.5) is 14.5 Å². The van der Waals surface area contributed by atoms with Gasteiger partial charge in [-0.3, -0.25) is 9.98 Å². The van der Waals surface area contributed by atoms with Gasteiger partial charge in [0.15, 0.2) is 22.3 Å². The molecule has 0 saturated heterocycles. The molecule has 0 unspecified atom stereocenters. The zero-order valence-corrected chi connectivity index (χ0v) is 15.1. The summed E-state index contributed by atoms with van der Waals surface area (Å²) in [5.41, 5.74) is 2.11. The van der Waals surface area contributed by atoms with Crippen LogP contribution in [0.15, 0.2) is 53.9 Å². The monoisotopic (exact) mass is 389 g/mol. The summed E-state index contributed by atoms with van der Waals surface area (Å²) in [5, 5.41) is 12.4. The number of imidazole rings is 1. The van der Waals surface area contributed by atoms with E-state index in [0.29, 0.717) is 22.7 Å². The molecular weight excluding hydrogens is 376 g/mol. The Balaban J connectivity index is 1.78. The molecule has 4 aromatic rings. The average Bonchev–Trinajstić information content (AvgIpc) is 3.05. The third kappa shape index (κ3) is 3.27.